The lowest BCUT2D eigenvalue weighted by molar-refractivity contribution is -0.138. The van der Waals surface area contributed by atoms with Gasteiger partial charge in [-0.2, -0.15) is 0 Å². The first-order chi connectivity index (χ1) is 11.5. The summed E-state index contributed by atoms with van der Waals surface area (Å²) in [5.74, 6) is -1.22. The summed E-state index contributed by atoms with van der Waals surface area (Å²) >= 11 is 0. The molecule has 1 aromatic carbocycles. The van der Waals surface area contributed by atoms with Crippen molar-refractivity contribution in [3.8, 4) is 16.9 Å². The lowest BCUT2D eigenvalue weighted by Crippen LogP contribution is -2.33. The van der Waals surface area contributed by atoms with E-state index in [0.29, 0.717) is 5.75 Å². The van der Waals surface area contributed by atoms with Gasteiger partial charge in [-0.15, -0.1) is 0 Å². The summed E-state index contributed by atoms with van der Waals surface area (Å²) in [5, 5.41) is 17.9. The third-order valence-electron chi connectivity index (χ3n) is 2.89. The Hall–Kier alpha value is -3.49. The van der Waals surface area contributed by atoms with E-state index in [1.807, 2.05) is 0 Å². The van der Waals surface area contributed by atoms with E-state index in [-0.39, 0.29) is 18.3 Å². The van der Waals surface area contributed by atoms with Crippen molar-refractivity contribution >= 4 is 17.7 Å². The largest absolute Gasteiger partial charge is 0.484 e. The third kappa shape index (κ3) is 4.77. The van der Waals surface area contributed by atoms with Gasteiger partial charge in [0.15, 0.2) is 18.3 Å². The molecular weight excluding hydrogens is 314 g/mol. The smallest absolute Gasteiger partial charge is 0.322 e. The first-order valence-electron chi connectivity index (χ1n) is 6.84. The van der Waals surface area contributed by atoms with Crippen molar-refractivity contribution in [2.45, 2.75) is 0 Å². The number of rotatable bonds is 7. The summed E-state index contributed by atoms with van der Waals surface area (Å²) < 4.78 is 5.26. The Labute approximate surface area is 137 Å². The second-order valence-corrected chi connectivity index (χ2v) is 4.69. The van der Waals surface area contributed by atoms with Crippen molar-refractivity contribution in [2.24, 2.45) is 5.73 Å². The van der Waals surface area contributed by atoms with E-state index in [2.05, 4.69) is 15.3 Å². The Kier molecular flexibility index (Phi) is 5.40. The van der Waals surface area contributed by atoms with Crippen LogP contribution in [0.15, 0.2) is 36.7 Å². The van der Waals surface area contributed by atoms with Gasteiger partial charge >= 0.3 is 5.97 Å². The Morgan fingerprint density at radius 3 is 2.33 bits per heavy atom. The molecule has 0 atom stereocenters. The number of nitrogens with two attached hydrogens (primary N) is 1. The van der Waals surface area contributed by atoms with Gasteiger partial charge in [-0.1, -0.05) is 12.1 Å². The Morgan fingerprint density at radius 2 is 1.79 bits per heavy atom. The van der Waals surface area contributed by atoms with Gasteiger partial charge in [0.05, 0.1) is 0 Å². The molecular formula is C15H15N5O4. The monoisotopic (exact) mass is 329 g/mol. The van der Waals surface area contributed by atoms with Crippen molar-refractivity contribution < 1.29 is 19.4 Å². The summed E-state index contributed by atoms with van der Waals surface area (Å²) in [6.45, 7) is -0.722. The van der Waals surface area contributed by atoms with E-state index in [0.717, 1.165) is 11.1 Å². The topological polar surface area (TPSA) is 151 Å². The zero-order chi connectivity index (χ0) is 17.5. The van der Waals surface area contributed by atoms with Crippen molar-refractivity contribution in [3.05, 3.63) is 42.5 Å². The van der Waals surface area contributed by atoms with Crippen LogP contribution in [0.25, 0.3) is 11.1 Å². The molecule has 1 amide bonds. The molecule has 124 valence electrons. The maximum Gasteiger partial charge on any atom is 0.322 e. The number of aromatic nitrogens is 2. The van der Waals surface area contributed by atoms with E-state index >= 15 is 0 Å². The average Bonchev–Trinajstić information content (AvgIpc) is 2.58. The van der Waals surface area contributed by atoms with Crippen LogP contribution in [-0.2, 0) is 9.59 Å². The molecule has 0 bridgehead atoms. The van der Waals surface area contributed by atoms with Crippen molar-refractivity contribution in [3.63, 3.8) is 0 Å². The third-order valence-corrected chi connectivity index (χ3v) is 2.89. The van der Waals surface area contributed by atoms with Gasteiger partial charge in [0.25, 0.3) is 5.91 Å². The zero-order valence-electron chi connectivity index (χ0n) is 12.5. The number of amides is 1. The van der Waals surface area contributed by atoms with Crippen LogP contribution in [0, 0.1) is 5.41 Å². The van der Waals surface area contributed by atoms with Gasteiger partial charge in [-0.3, -0.25) is 15.0 Å². The molecule has 0 saturated heterocycles. The van der Waals surface area contributed by atoms with Gasteiger partial charge in [0.1, 0.15) is 12.3 Å². The average molecular weight is 329 g/mol. The fourth-order valence-corrected chi connectivity index (χ4v) is 1.73. The number of aliphatic carboxylic acids is 1. The van der Waals surface area contributed by atoms with Gasteiger partial charge in [0.2, 0.25) is 0 Å². The van der Waals surface area contributed by atoms with Gasteiger partial charge in [-0.25, -0.2) is 9.97 Å². The Balaban J connectivity index is 1.94. The minimum absolute atomic E-state index is 0.158. The van der Waals surface area contributed by atoms with Crippen LogP contribution in [0.1, 0.15) is 5.82 Å². The number of benzene rings is 1. The summed E-state index contributed by atoms with van der Waals surface area (Å²) in [6.07, 6.45) is 3.11. The van der Waals surface area contributed by atoms with Gasteiger partial charge in [0, 0.05) is 18.0 Å². The number of ether oxygens (including phenoxy) is 1. The number of carboxylic acid groups (broad SMARTS) is 1. The predicted molar refractivity (Wildman–Crippen MR) is 84.6 cm³/mol. The number of carboxylic acids is 1. The van der Waals surface area contributed by atoms with Crippen molar-refractivity contribution in [1.29, 1.82) is 5.41 Å². The summed E-state index contributed by atoms with van der Waals surface area (Å²) in [5.41, 5.74) is 6.86. The highest BCUT2D eigenvalue weighted by Gasteiger charge is 2.06. The first-order valence-corrected chi connectivity index (χ1v) is 6.84. The molecule has 0 radical (unpaired) electrons. The number of nitrogens with one attached hydrogen (secondary N) is 2. The molecule has 0 aliphatic rings. The van der Waals surface area contributed by atoms with Gasteiger partial charge in [-0.05, 0) is 17.7 Å². The summed E-state index contributed by atoms with van der Waals surface area (Å²) in [4.78, 5) is 29.6. The summed E-state index contributed by atoms with van der Waals surface area (Å²) in [7, 11) is 0. The van der Waals surface area contributed by atoms with Crippen LogP contribution >= 0.6 is 0 Å². The van der Waals surface area contributed by atoms with E-state index in [9.17, 15) is 9.59 Å². The molecule has 0 spiro atoms. The number of carbonyl (C=O) groups is 2. The normalized spacial score (nSPS) is 10.0. The lowest BCUT2D eigenvalue weighted by atomic mass is 10.1. The second-order valence-electron chi connectivity index (χ2n) is 4.69. The molecule has 2 aromatic rings. The number of hydrogen-bond donors (Lipinski definition) is 4. The zero-order valence-corrected chi connectivity index (χ0v) is 12.5. The van der Waals surface area contributed by atoms with Crippen LogP contribution in [-0.4, -0.2) is 45.9 Å². The fraction of sp³-hybridized carbons (Fsp3) is 0.133. The van der Waals surface area contributed by atoms with Crippen LogP contribution in [0.5, 0.6) is 5.75 Å². The lowest BCUT2D eigenvalue weighted by Gasteiger charge is -2.07. The van der Waals surface area contributed by atoms with E-state index in [1.165, 1.54) is 0 Å². The molecule has 9 heteroatoms. The number of nitrogen functional groups attached to an aromatic ring is 1. The molecule has 5 N–H and O–H groups in total. The van der Waals surface area contributed by atoms with E-state index in [4.69, 9.17) is 21.0 Å². The Bertz CT molecular complexity index is 743. The molecule has 0 unspecified atom stereocenters. The molecule has 1 heterocycles. The maximum absolute atomic E-state index is 11.4. The number of amidine groups is 1. The van der Waals surface area contributed by atoms with E-state index in [1.54, 1.807) is 36.7 Å². The van der Waals surface area contributed by atoms with Crippen molar-refractivity contribution in [1.82, 2.24) is 15.3 Å². The van der Waals surface area contributed by atoms with Crippen LogP contribution in [0.2, 0.25) is 0 Å². The van der Waals surface area contributed by atoms with Crippen molar-refractivity contribution in [2.75, 3.05) is 13.2 Å². The predicted octanol–water partition coefficient (Wildman–Crippen LogP) is 0.00727. The number of hydrogen-bond acceptors (Lipinski definition) is 6. The Morgan fingerprint density at radius 1 is 1.17 bits per heavy atom. The number of carbonyl (C=O) groups excluding carboxylic acids is 1. The SMILES string of the molecule is N=C(N)c1ncc(-c2ccc(OCC(=O)NCC(=O)O)cc2)cn1. The van der Waals surface area contributed by atoms with E-state index < -0.39 is 18.4 Å². The second kappa shape index (κ2) is 7.68. The highest BCUT2D eigenvalue weighted by molar-refractivity contribution is 5.91. The molecule has 0 aliphatic carbocycles. The van der Waals surface area contributed by atoms with Crippen LogP contribution in [0.4, 0.5) is 0 Å². The highest BCUT2D eigenvalue weighted by Crippen LogP contribution is 2.21. The molecule has 9 nitrogen and oxygen atoms in total. The first kappa shape index (κ1) is 16.9. The highest BCUT2D eigenvalue weighted by atomic mass is 16.5. The molecule has 0 saturated carbocycles. The molecule has 24 heavy (non-hydrogen) atoms. The minimum Gasteiger partial charge on any atom is -0.484 e. The molecule has 2 rings (SSSR count). The van der Waals surface area contributed by atoms with Gasteiger partial charge < -0.3 is 20.9 Å². The standard InChI is InChI=1S/C15H15N5O4/c16-14(17)15-19-5-10(6-20-15)9-1-3-11(4-2-9)24-8-12(21)18-7-13(22)23/h1-6H,7-8H2,(H3,16,17)(H,18,21)(H,22,23). The molecule has 0 fully saturated rings. The molecule has 1 aromatic heterocycles. The van der Waals surface area contributed by atoms with Crippen LogP contribution < -0.4 is 15.8 Å². The number of nitrogens with zero attached hydrogens (tertiary/aromatic N) is 2. The quantitative estimate of drug-likeness (QED) is 0.412. The fourth-order valence-electron chi connectivity index (χ4n) is 1.73. The minimum atomic E-state index is -1.12. The summed E-state index contributed by atoms with van der Waals surface area (Å²) in [6, 6.07) is 6.85. The van der Waals surface area contributed by atoms with Crippen LogP contribution in [0.3, 0.4) is 0 Å². The molecule has 0 aliphatic heterocycles. The maximum atomic E-state index is 11.4.